The topological polar surface area (TPSA) is 52.0 Å². The number of anilines is 1. The van der Waals surface area contributed by atoms with E-state index in [0.717, 1.165) is 35.9 Å². The summed E-state index contributed by atoms with van der Waals surface area (Å²) >= 11 is 1.67. The van der Waals surface area contributed by atoms with Gasteiger partial charge in [-0.1, -0.05) is 30.3 Å². The van der Waals surface area contributed by atoms with Crippen molar-refractivity contribution in [1.29, 1.82) is 0 Å². The van der Waals surface area contributed by atoms with Crippen molar-refractivity contribution in [2.24, 2.45) is 5.10 Å². The van der Waals surface area contributed by atoms with Gasteiger partial charge in [-0.3, -0.25) is 0 Å². The van der Waals surface area contributed by atoms with E-state index in [0.29, 0.717) is 13.1 Å². The number of carbonyl (C=O) groups excluding carboxylic acids is 1. The quantitative estimate of drug-likeness (QED) is 0.832. The number of nitrogens with zero attached hydrogens (tertiary/aromatic N) is 5. The molecule has 1 saturated heterocycles. The highest BCUT2D eigenvalue weighted by molar-refractivity contribution is 7.13. The van der Waals surface area contributed by atoms with Crippen molar-refractivity contribution < 1.29 is 4.79 Å². The van der Waals surface area contributed by atoms with Crippen LogP contribution in [-0.2, 0) is 0 Å². The number of piperazine rings is 1. The van der Waals surface area contributed by atoms with E-state index in [1.165, 1.54) is 0 Å². The van der Waals surface area contributed by atoms with E-state index < -0.39 is 0 Å². The Bertz CT molecular complexity index is 767. The minimum absolute atomic E-state index is 0.00225. The second-order valence-electron chi connectivity index (χ2n) is 6.33. The SMILES string of the molecule is Cc1csc(N2CCN(C(=O)N3N=CCC3c3ccccc3)CC2)n1. The summed E-state index contributed by atoms with van der Waals surface area (Å²) in [7, 11) is 0. The maximum Gasteiger partial charge on any atom is 0.341 e. The van der Waals surface area contributed by atoms with Crippen LogP contribution in [0.1, 0.15) is 23.7 Å². The molecule has 1 unspecified atom stereocenters. The highest BCUT2D eigenvalue weighted by atomic mass is 32.1. The zero-order valence-corrected chi connectivity index (χ0v) is 15.0. The molecule has 1 aromatic heterocycles. The van der Waals surface area contributed by atoms with Crippen LogP contribution >= 0.6 is 11.3 Å². The predicted molar refractivity (Wildman–Crippen MR) is 100 cm³/mol. The monoisotopic (exact) mass is 355 g/mol. The van der Waals surface area contributed by atoms with Gasteiger partial charge in [0.15, 0.2) is 5.13 Å². The average molecular weight is 355 g/mol. The van der Waals surface area contributed by atoms with Crippen LogP contribution in [0, 0.1) is 6.92 Å². The van der Waals surface area contributed by atoms with Crippen LogP contribution in [0.3, 0.4) is 0 Å². The fourth-order valence-electron chi connectivity index (χ4n) is 3.27. The number of amides is 2. The van der Waals surface area contributed by atoms with E-state index in [1.54, 1.807) is 16.3 Å². The molecule has 1 atom stereocenters. The van der Waals surface area contributed by atoms with Crippen LogP contribution in [0.25, 0.3) is 0 Å². The molecule has 7 heteroatoms. The molecule has 130 valence electrons. The van der Waals surface area contributed by atoms with Crippen molar-refractivity contribution in [3.05, 3.63) is 47.0 Å². The highest BCUT2D eigenvalue weighted by Crippen LogP contribution is 2.29. The van der Waals surface area contributed by atoms with Gasteiger partial charge >= 0.3 is 6.03 Å². The Hall–Kier alpha value is -2.41. The third-order valence-electron chi connectivity index (χ3n) is 4.64. The van der Waals surface area contributed by atoms with Gasteiger partial charge in [0, 0.05) is 44.2 Å². The lowest BCUT2D eigenvalue weighted by molar-refractivity contribution is 0.139. The van der Waals surface area contributed by atoms with E-state index in [1.807, 2.05) is 36.2 Å². The number of hydrogen-bond acceptors (Lipinski definition) is 5. The molecule has 2 aromatic rings. The number of hydrazone groups is 1. The van der Waals surface area contributed by atoms with Crippen LogP contribution in [-0.4, -0.2) is 53.3 Å². The first-order valence-corrected chi connectivity index (χ1v) is 9.43. The average Bonchev–Trinajstić information content (AvgIpc) is 3.31. The molecule has 0 saturated carbocycles. The molecule has 25 heavy (non-hydrogen) atoms. The number of aromatic nitrogens is 1. The van der Waals surface area contributed by atoms with Gasteiger partial charge in [0.2, 0.25) is 0 Å². The normalized spacial score (nSPS) is 20.4. The lowest BCUT2D eigenvalue weighted by Gasteiger charge is -2.36. The smallest absolute Gasteiger partial charge is 0.341 e. The summed E-state index contributed by atoms with van der Waals surface area (Å²) in [5.41, 5.74) is 2.18. The van der Waals surface area contributed by atoms with Crippen molar-refractivity contribution >= 4 is 28.7 Å². The van der Waals surface area contributed by atoms with Crippen LogP contribution in [0.15, 0.2) is 40.8 Å². The van der Waals surface area contributed by atoms with Gasteiger partial charge in [-0.25, -0.2) is 14.8 Å². The van der Waals surface area contributed by atoms with Gasteiger partial charge in [0.05, 0.1) is 11.7 Å². The lowest BCUT2D eigenvalue weighted by atomic mass is 10.1. The van der Waals surface area contributed by atoms with Gasteiger partial charge in [-0.2, -0.15) is 5.10 Å². The van der Waals surface area contributed by atoms with Crippen molar-refractivity contribution in [1.82, 2.24) is 14.9 Å². The zero-order valence-electron chi connectivity index (χ0n) is 14.2. The molecule has 1 fully saturated rings. The van der Waals surface area contributed by atoms with E-state index in [-0.39, 0.29) is 12.1 Å². The molecule has 0 aliphatic carbocycles. The molecule has 4 rings (SSSR count). The molecule has 0 radical (unpaired) electrons. The third-order valence-corrected chi connectivity index (χ3v) is 5.66. The van der Waals surface area contributed by atoms with Crippen LogP contribution < -0.4 is 4.90 Å². The summed E-state index contributed by atoms with van der Waals surface area (Å²) in [6.45, 7) is 5.03. The largest absolute Gasteiger partial charge is 0.345 e. The summed E-state index contributed by atoms with van der Waals surface area (Å²) < 4.78 is 0. The summed E-state index contributed by atoms with van der Waals surface area (Å²) in [5.74, 6) is 0. The molecule has 3 heterocycles. The van der Waals surface area contributed by atoms with Gasteiger partial charge in [0.1, 0.15) is 0 Å². The number of urea groups is 1. The lowest BCUT2D eigenvalue weighted by Crippen LogP contribution is -2.52. The van der Waals surface area contributed by atoms with Crippen molar-refractivity contribution in [3.63, 3.8) is 0 Å². The Kier molecular flexibility index (Phi) is 4.40. The van der Waals surface area contributed by atoms with Crippen molar-refractivity contribution in [2.45, 2.75) is 19.4 Å². The van der Waals surface area contributed by atoms with Crippen molar-refractivity contribution in [2.75, 3.05) is 31.1 Å². The minimum atomic E-state index is -0.00225. The number of thiazole rings is 1. The fraction of sp³-hybridized carbons (Fsp3) is 0.389. The number of benzene rings is 1. The number of rotatable bonds is 2. The van der Waals surface area contributed by atoms with E-state index in [4.69, 9.17) is 0 Å². The number of hydrogen-bond donors (Lipinski definition) is 0. The molecule has 2 amide bonds. The Morgan fingerprint density at radius 1 is 1.16 bits per heavy atom. The second-order valence-corrected chi connectivity index (χ2v) is 7.17. The van der Waals surface area contributed by atoms with Crippen molar-refractivity contribution in [3.8, 4) is 0 Å². The molecule has 2 aliphatic heterocycles. The Labute approximate surface area is 151 Å². The van der Waals surface area contributed by atoms with Gasteiger partial charge in [-0.15, -0.1) is 11.3 Å². The predicted octanol–water partition coefficient (Wildman–Crippen LogP) is 3.13. The first-order chi connectivity index (χ1) is 12.2. The molecular formula is C18H21N5OS. The van der Waals surface area contributed by atoms with Gasteiger partial charge < -0.3 is 9.80 Å². The van der Waals surface area contributed by atoms with Crippen LogP contribution in [0.4, 0.5) is 9.93 Å². The van der Waals surface area contributed by atoms with Crippen LogP contribution in [0.5, 0.6) is 0 Å². The maximum absolute atomic E-state index is 12.9. The first-order valence-electron chi connectivity index (χ1n) is 8.55. The van der Waals surface area contributed by atoms with Gasteiger partial charge in [-0.05, 0) is 12.5 Å². The second kappa shape index (κ2) is 6.84. The summed E-state index contributed by atoms with van der Waals surface area (Å²) in [4.78, 5) is 21.6. The molecule has 2 aliphatic rings. The molecule has 1 aromatic carbocycles. The third kappa shape index (κ3) is 3.24. The summed E-state index contributed by atoms with van der Waals surface area (Å²) in [6.07, 6.45) is 2.61. The van der Waals surface area contributed by atoms with E-state index >= 15 is 0 Å². The van der Waals surface area contributed by atoms with Crippen LogP contribution in [0.2, 0.25) is 0 Å². The van der Waals surface area contributed by atoms with E-state index in [2.05, 4.69) is 32.5 Å². The summed E-state index contributed by atoms with van der Waals surface area (Å²) in [6, 6.07) is 10.1. The maximum atomic E-state index is 12.9. The standard InChI is InChI=1S/C18H21N5OS/c1-14-13-25-17(20-14)21-9-11-22(12-10-21)18(24)23-16(7-8-19-23)15-5-3-2-4-6-15/h2-6,8,13,16H,7,9-12H2,1H3. The molecule has 0 spiro atoms. The number of carbonyl (C=O) groups is 1. The first kappa shape index (κ1) is 16.1. The summed E-state index contributed by atoms with van der Waals surface area (Å²) in [5, 5.41) is 9.09. The highest BCUT2D eigenvalue weighted by Gasteiger charge is 2.33. The number of aryl methyl sites for hydroxylation is 1. The fourth-order valence-corrected chi connectivity index (χ4v) is 4.13. The Morgan fingerprint density at radius 3 is 2.60 bits per heavy atom. The van der Waals surface area contributed by atoms with E-state index in [9.17, 15) is 4.79 Å². The van der Waals surface area contributed by atoms with Gasteiger partial charge in [0.25, 0.3) is 0 Å². The Balaban J connectivity index is 1.41. The zero-order chi connectivity index (χ0) is 17.2. The molecule has 0 N–H and O–H groups in total. The Morgan fingerprint density at radius 2 is 1.92 bits per heavy atom. The molecule has 0 bridgehead atoms. The minimum Gasteiger partial charge on any atom is -0.345 e. The molecular weight excluding hydrogens is 334 g/mol. The molecule has 6 nitrogen and oxygen atoms in total.